The van der Waals surface area contributed by atoms with E-state index in [9.17, 15) is 22.8 Å². The van der Waals surface area contributed by atoms with E-state index in [4.69, 9.17) is 11.5 Å². The molecule has 0 saturated carbocycles. The van der Waals surface area contributed by atoms with E-state index in [1.54, 1.807) is 0 Å². The molecule has 1 rings (SSSR count). The summed E-state index contributed by atoms with van der Waals surface area (Å²) < 4.78 is 37.4. The highest BCUT2D eigenvalue weighted by Crippen LogP contribution is 2.31. The van der Waals surface area contributed by atoms with Gasteiger partial charge >= 0.3 is 18.2 Å². The first-order valence-electron chi connectivity index (χ1n) is 5.18. The fraction of sp³-hybridized carbons (Fsp3) is 0.167. The number of halogens is 3. The van der Waals surface area contributed by atoms with Crippen LogP contribution < -0.4 is 10.6 Å². The van der Waals surface area contributed by atoms with Gasteiger partial charge in [-0.15, -0.1) is 6.42 Å². The maximum absolute atomic E-state index is 12.5. The van der Waals surface area contributed by atoms with Crippen molar-refractivity contribution in [1.29, 1.82) is 0 Å². The number of rotatable bonds is 3. The number of hydrogen-bond donors (Lipinski definition) is 3. The molecule has 106 valence electrons. The van der Waals surface area contributed by atoms with Gasteiger partial charge in [0.05, 0.1) is 23.4 Å². The summed E-state index contributed by atoms with van der Waals surface area (Å²) in [7, 11) is 0. The number of benzene rings is 1. The van der Waals surface area contributed by atoms with Gasteiger partial charge in [0.15, 0.2) is 0 Å². The standard InChI is InChI=1S/C12H9F3N2O3/c1-2-5-16-11(20)17-9-4-3-7(12(13,14)15)6-8(9)10(18)19/h1,3-4,6H,5H2,(H,18,19)(H2,16,17,20). The molecule has 0 atom stereocenters. The second kappa shape index (κ2) is 5.97. The zero-order valence-corrected chi connectivity index (χ0v) is 9.91. The third kappa shape index (κ3) is 3.91. The van der Waals surface area contributed by atoms with Crippen LogP contribution in [0, 0.1) is 12.3 Å². The Kier molecular flexibility index (Phi) is 4.59. The SMILES string of the molecule is C#CCNC(=O)Nc1ccc(C(F)(F)F)cc1C(=O)O. The van der Waals surface area contributed by atoms with Gasteiger partial charge in [-0.1, -0.05) is 5.92 Å². The van der Waals surface area contributed by atoms with Crippen LogP contribution in [0.25, 0.3) is 0 Å². The number of carboxylic acid groups (broad SMARTS) is 1. The van der Waals surface area contributed by atoms with Crippen LogP contribution in [0.3, 0.4) is 0 Å². The number of carboxylic acids is 1. The van der Waals surface area contributed by atoms with E-state index in [-0.39, 0.29) is 12.2 Å². The summed E-state index contributed by atoms with van der Waals surface area (Å²) >= 11 is 0. The predicted octanol–water partition coefficient (Wildman–Crippen LogP) is 2.16. The van der Waals surface area contributed by atoms with Crippen LogP contribution >= 0.6 is 0 Å². The van der Waals surface area contributed by atoms with Crippen molar-refractivity contribution in [2.24, 2.45) is 0 Å². The molecule has 5 nitrogen and oxygen atoms in total. The lowest BCUT2D eigenvalue weighted by atomic mass is 10.1. The Bertz CT molecular complexity index is 576. The highest BCUT2D eigenvalue weighted by atomic mass is 19.4. The highest BCUT2D eigenvalue weighted by Gasteiger charge is 2.31. The van der Waals surface area contributed by atoms with Crippen molar-refractivity contribution in [3.8, 4) is 12.3 Å². The van der Waals surface area contributed by atoms with Gasteiger partial charge < -0.3 is 15.7 Å². The Morgan fingerprint density at radius 2 is 2.00 bits per heavy atom. The third-order valence-electron chi connectivity index (χ3n) is 2.18. The van der Waals surface area contributed by atoms with Crippen molar-refractivity contribution in [2.75, 3.05) is 11.9 Å². The first-order valence-corrected chi connectivity index (χ1v) is 5.18. The lowest BCUT2D eigenvalue weighted by Gasteiger charge is -2.12. The molecule has 0 heterocycles. The maximum Gasteiger partial charge on any atom is 0.416 e. The number of amides is 2. The van der Waals surface area contributed by atoms with Gasteiger partial charge in [-0.25, -0.2) is 9.59 Å². The van der Waals surface area contributed by atoms with Crippen molar-refractivity contribution in [3.63, 3.8) is 0 Å². The summed E-state index contributed by atoms with van der Waals surface area (Å²) in [6.45, 7) is -0.102. The quantitative estimate of drug-likeness (QED) is 0.745. The van der Waals surface area contributed by atoms with Crippen LogP contribution in [0.5, 0.6) is 0 Å². The molecular weight excluding hydrogens is 277 g/mol. The number of anilines is 1. The van der Waals surface area contributed by atoms with E-state index < -0.39 is 29.3 Å². The van der Waals surface area contributed by atoms with Crippen LogP contribution in [0.15, 0.2) is 18.2 Å². The molecule has 20 heavy (non-hydrogen) atoms. The van der Waals surface area contributed by atoms with Gasteiger partial charge in [-0.3, -0.25) is 0 Å². The van der Waals surface area contributed by atoms with Crippen molar-refractivity contribution in [2.45, 2.75) is 6.18 Å². The molecule has 0 radical (unpaired) electrons. The van der Waals surface area contributed by atoms with Crippen molar-refractivity contribution in [3.05, 3.63) is 29.3 Å². The summed E-state index contributed by atoms with van der Waals surface area (Å²) in [4.78, 5) is 22.2. The van der Waals surface area contributed by atoms with Crippen LogP contribution in [0.1, 0.15) is 15.9 Å². The third-order valence-corrected chi connectivity index (χ3v) is 2.18. The number of carbonyl (C=O) groups is 2. The topological polar surface area (TPSA) is 78.4 Å². The smallest absolute Gasteiger partial charge is 0.416 e. The molecule has 2 amide bonds. The van der Waals surface area contributed by atoms with Gasteiger partial charge in [0, 0.05) is 0 Å². The lowest BCUT2D eigenvalue weighted by Crippen LogP contribution is -2.29. The van der Waals surface area contributed by atoms with Crippen LogP contribution in [0.4, 0.5) is 23.7 Å². The highest BCUT2D eigenvalue weighted by molar-refractivity contribution is 6.00. The first kappa shape index (κ1) is 15.4. The Morgan fingerprint density at radius 1 is 1.35 bits per heavy atom. The molecule has 1 aromatic carbocycles. The Labute approximate surface area is 111 Å². The number of terminal acetylenes is 1. The summed E-state index contributed by atoms with van der Waals surface area (Å²) in [5, 5.41) is 13.2. The number of aromatic carboxylic acids is 1. The minimum absolute atomic E-state index is 0.102. The predicted molar refractivity (Wildman–Crippen MR) is 64.3 cm³/mol. The molecule has 0 bridgehead atoms. The van der Waals surface area contributed by atoms with Crippen molar-refractivity contribution < 1.29 is 27.9 Å². The van der Waals surface area contributed by atoms with E-state index in [1.807, 2.05) is 0 Å². The average molecular weight is 286 g/mol. The fourth-order valence-corrected chi connectivity index (χ4v) is 1.30. The van der Waals surface area contributed by atoms with Crippen LogP contribution in [-0.2, 0) is 6.18 Å². The van der Waals surface area contributed by atoms with Crippen molar-refractivity contribution >= 4 is 17.7 Å². The molecule has 0 fully saturated rings. The zero-order chi connectivity index (χ0) is 15.3. The molecule has 1 aromatic rings. The molecule has 0 aliphatic rings. The average Bonchev–Trinajstić information content (AvgIpc) is 2.35. The molecular formula is C12H9F3N2O3. The van der Waals surface area contributed by atoms with E-state index in [1.165, 1.54) is 0 Å². The molecule has 3 N–H and O–H groups in total. The minimum atomic E-state index is -4.67. The second-order valence-corrected chi connectivity index (χ2v) is 3.58. The van der Waals surface area contributed by atoms with Crippen LogP contribution in [0.2, 0.25) is 0 Å². The lowest BCUT2D eigenvalue weighted by molar-refractivity contribution is -0.137. The zero-order valence-electron chi connectivity index (χ0n) is 9.91. The summed E-state index contributed by atoms with van der Waals surface area (Å²) in [5.41, 5.74) is -2.06. The second-order valence-electron chi connectivity index (χ2n) is 3.58. The molecule has 0 spiro atoms. The number of alkyl halides is 3. The number of nitrogens with one attached hydrogen (secondary N) is 2. The van der Waals surface area contributed by atoms with Gasteiger partial charge in [-0.05, 0) is 18.2 Å². The van der Waals surface area contributed by atoms with Crippen molar-refractivity contribution in [1.82, 2.24) is 5.32 Å². The summed E-state index contributed by atoms with van der Waals surface area (Å²) in [6.07, 6.45) is 0.232. The molecule has 8 heteroatoms. The molecule has 0 saturated heterocycles. The minimum Gasteiger partial charge on any atom is -0.478 e. The Hall–Kier alpha value is -2.69. The molecule has 0 aliphatic heterocycles. The molecule has 0 aromatic heterocycles. The monoisotopic (exact) mass is 286 g/mol. The normalized spacial score (nSPS) is 10.5. The van der Waals surface area contributed by atoms with Gasteiger partial charge in [-0.2, -0.15) is 13.2 Å². The number of carbonyl (C=O) groups excluding carboxylic acids is 1. The van der Waals surface area contributed by atoms with E-state index in [0.29, 0.717) is 12.1 Å². The number of hydrogen-bond acceptors (Lipinski definition) is 2. The maximum atomic E-state index is 12.5. The molecule has 0 aliphatic carbocycles. The Morgan fingerprint density at radius 3 is 2.50 bits per heavy atom. The number of urea groups is 1. The van der Waals surface area contributed by atoms with Crippen LogP contribution in [-0.4, -0.2) is 23.7 Å². The van der Waals surface area contributed by atoms with E-state index in [0.717, 1.165) is 6.07 Å². The fourth-order valence-electron chi connectivity index (χ4n) is 1.30. The van der Waals surface area contributed by atoms with E-state index in [2.05, 4.69) is 16.6 Å². The first-order chi connectivity index (χ1) is 9.25. The van der Waals surface area contributed by atoms with Gasteiger partial charge in [0.2, 0.25) is 0 Å². The van der Waals surface area contributed by atoms with Gasteiger partial charge in [0.25, 0.3) is 0 Å². The summed E-state index contributed by atoms with van der Waals surface area (Å²) in [5.74, 6) is 0.520. The molecule has 0 unspecified atom stereocenters. The largest absolute Gasteiger partial charge is 0.478 e. The van der Waals surface area contributed by atoms with E-state index >= 15 is 0 Å². The van der Waals surface area contributed by atoms with Gasteiger partial charge in [0.1, 0.15) is 0 Å². The summed E-state index contributed by atoms with van der Waals surface area (Å²) in [6, 6.07) is 1.16. The Balaban J connectivity index is 3.06.